The first-order valence-corrected chi connectivity index (χ1v) is 6.40. The third-order valence-corrected chi connectivity index (χ3v) is 4.20. The maximum Gasteiger partial charge on any atom is 0.491 e. The fourth-order valence-corrected chi connectivity index (χ4v) is 3.00. The number of aromatic nitrogens is 2. The summed E-state index contributed by atoms with van der Waals surface area (Å²) in [7, 11) is -4.41. The van der Waals surface area contributed by atoms with Crippen molar-refractivity contribution in [1.29, 1.82) is 0 Å². The lowest BCUT2D eigenvalue weighted by Crippen LogP contribution is -2.32. The topological polar surface area (TPSA) is 110 Å². The summed E-state index contributed by atoms with van der Waals surface area (Å²) in [6, 6.07) is 0. The summed E-state index contributed by atoms with van der Waals surface area (Å²) in [5, 5.41) is 17.7. The highest BCUT2D eigenvalue weighted by atomic mass is 32.3. The van der Waals surface area contributed by atoms with Gasteiger partial charge >= 0.3 is 7.12 Å². The molecule has 1 aromatic rings. The largest absolute Gasteiger partial charge is 0.491 e. The summed E-state index contributed by atoms with van der Waals surface area (Å²) in [6.07, 6.45) is 3.18. The minimum absolute atomic E-state index is 0.166. The summed E-state index contributed by atoms with van der Waals surface area (Å²) in [5.74, 6) is 0.516. The minimum Gasteiger partial charge on any atom is -0.423 e. The molecule has 0 saturated carbocycles. The van der Waals surface area contributed by atoms with E-state index < -0.39 is 17.9 Å². The molecule has 0 aliphatic carbocycles. The van der Waals surface area contributed by atoms with E-state index in [1.165, 1.54) is 16.7 Å². The van der Waals surface area contributed by atoms with E-state index >= 15 is 0 Å². The number of rotatable bonds is 2. The highest BCUT2D eigenvalue weighted by molar-refractivity contribution is 8.25. The van der Waals surface area contributed by atoms with Crippen LogP contribution in [0.4, 0.5) is 5.95 Å². The number of hydrogen-bond donors (Lipinski definition) is 4. The molecule has 1 aliphatic rings. The van der Waals surface area contributed by atoms with Gasteiger partial charge in [-0.1, -0.05) is 0 Å². The second-order valence-corrected chi connectivity index (χ2v) is 5.60. The Morgan fingerprint density at radius 3 is 2.31 bits per heavy atom. The molecule has 4 N–H and O–H groups in total. The van der Waals surface area contributed by atoms with Gasteiger partial charge in [0.1, 0.15) is 0 Å². The Labute approximate surface area is 94.4 Å². The number of hydrogen-bond acceptors (Lipinski definition) is 7. The van der Waals surface area contributed by atoms with Crippen molar-refractivity contribution in [1.82, 2.24) is 9.97 Å². The minimum atomic E-state index is -2.79. The molecule has 1 fully saturated rings. The zero-order chi connectivity index (χ0) is 11.8. The molecular formula is C7H12BN3O4S. The average Bonchev–Trinajstić information content (AvgIpc) is 2.58. The Morgan fingerprint density at radius 1 is 1.25 bits per heavy atom. The molecule has 0 unspecified atom stereocenters. The molecular weight excluding hydrogens is 233 g/mol. The Bertz CT molecular complexity index is 374. The number of anilines is 1. The lowest BCUT2D eigenvalue weighted by Gasteiger charge is -2.36. The summed E-state index contributed by atoms with van der Waals surface area (Å²) in [4.78, 5) is 7.75. The van der Waals surface area contributed by atoms with Gasteiger partial charge in [0.25, 0.3) is 0 Å². The Balaban J connectivity index is 2.22. The van der Waals surface area contributed by atoms with E-state index in [9.17, 15) is 9.11 Å². The van der Waals surface area contributed by atoms with Crippen LogP contribution in [0, 0.1) is 0 Å². The van der Waals surface area contributed by atoms with E-state index in [0.717, 1.165) is 0 Å². The highest BCUT2D eigenvalue weighted by Gasteiger charge is 2.31. The maximum absolute atomic E-state index is 9.67. The van der Waals surface area contributed by atoms with Crippen LogP contribution in [0.3, 0.4) is 0 Å². The van der Waals surface area contributed by atoms with Gasteiger partial charge in [-0.2, -0.15) is 0 Å². The summed E-state index contributed by atoms with van der Waals surface area (Å²) >= 11 is 0. The predicted octanol–water partition coefficient (Wildman–Crippen LogP) is -0.968. The van der Waals surface area contributed by atoms with Gasteiger partial charge in [-0.25, -0.2) is 14.3 Å². The van der Waals surface area contributed by atoms with Crippen LogP contribution in [-0.4, -0.2) is 48.5 Å². The highest BCUT2D eigenvalue weighted by Crippen LogP contribution is 2.49. The van der Waals surface area contributed by atoms with Crippen LogP contribution >= 0.6 is 10.8 Å². The second-order valence-electron chi connectivity index (χ2n) is 3.48. The quantitative estimate of drug-likeness (QED) is 0.496. The first-order chi connectivity index (χ1) is 7.50. The molecule has 16 heavy (non-hydrogen) atoms. The van der Waals surface area contributed by atoms with Gasteiger partial charge in [0, 0.05) is 24.4 Å². The Kier molecular flexibility index (Phi) is 3.04. The van der Waals surface area contributed by atoms with Crippen molar-refractivity contribution in [3.63, 3.8) is 0 Å². The van der Waals surface area contributed by atoms with Crippen molar-refractivity contribution < 1.29 is 19.2 Å². The molecule has 0 aromatic carbocycles. The van der Waals surface area contributed by atoms with Gasteiger partial charge in [0.2, 0.25) is 5.95 Å². The molecule has 0 amide bonds. The van der Waals surface area contributed by atoms with Crippen LogP contribution in [0.15, 0.2) is 12.4 Å². The van der Waals surface area contributed by atoms with Crippen molar-refractivity contribution in [3.05, 3.63) is 12.4 Å². The van der Waals surface area contributed by atoms with Crippen LogP contribution in [0.5, 0.6) is 0 Å². The van der Waals surface area contributed by atoms with E-state index in [1.54, 1.807) is 0 Å². The van der Waals surface area contributed by atoms with Gasteiger partial charge < -0.3 is 10.0 Å². The lowest BCUT2D eigenvalue weighted by atomic mass is 9.83. The van der Waals surface area contributed by atoms with Gasteiger partial charge in [-0.05, 0) is 6.42 Å². The smallest absolute Gasteiger partial charge is 0.423 e. The Morgan fingerprint density at radius 2 is 1.88 bits per heavy atom. The van der Waals surface area contributed by atoms with Crippen LogP contribution in [-0.2, 0) is 0 Å². The molecule has 7 nitrogen and oxygen atoms in total. The molecule has 0 atom stereocenters. The molecule has 0 spiro atoms. The SMILES string of the molecule is OB(O)c1cnc(N2CCCS2(O)O)nc1. The van der Waals surface area contributed by atoms with E-state index in [4.69, 9.17) is 10.0 Å². The van der Waals surface area contributed by atoms with E-state index in [0.29, 0.717) is 18.7 Å². The van der Waals surface area contributed by atoms with Crippen molar-refractivity contribution in [2.24, 2.45) is 0 Å². The van der Waals surface area contributed by atoms with Gasteiger partial charge in [-0.15, -0.1) is 10.8 Å². The van der Waals surface area contributed by atoms with Crippen LogP contribution in [0.25, 0.3) is 0 Å². The third-order valence-electron chi connectivity index (χ3n) is 2.31. The average molecular weight is 245 g/mol. The molecule has 9 heteroatoms. The fourth-order valence-electron chi connectivity index (χ4n) is 1.48. The Hall–Kier alpha value is -0.865. The van der Waals surface area contributed by atoms with Crippen molar-refractivity contribution in [2.75, 3.05) is 16.6 Å². The molecule has 2 heterocycles. The van der Waals surface area contributed by atoms with Crippen molar-refractivity contribution >= 4 is 29.3 Å². The van der Waals surface area contributed by atoms with Crippen LogP contribution in [0.1, 0.15) is 6.42 Å². The van der Waals surface area contributed by atoms with Gasteiger partial charge in [0.15, 0.2) is 0 Å². The lowest BCUT2D eigenvalue weighted by molar-refractivity contribution is 0.425. The van der Waals surface area contributed by atoms with Crippen molar-refractivity contribution in [3.8, 4) is 0 Å². The van der Waals surface area contributed by atoms with E-state index in [2.05, 4.69) is 9.97 Å². The fraction of sp³-hybridized carbons (Fsp3) is 0.429. The molecule has 0 bridgehead atoms. The number of nitrogens with zero attached hydrogens (tertiary/aromatic N) is 3. The summed E-state index contributed by atoms with van der Waals surface area (Å²) < 4.78 is 20.7. The molecule has 1 saturated heterocycles. The van der Waals surface area contributed by atoms with Crippen LogP contribution < -0.4 is 9.77 Å². The summed E-state index contributed by atoms with van der Waals surface area (Å²) in [6.45, 7) is 0.489. The molecule has 0 radical (unpaired) electrons. The van der Waals surface area contributed by atoms with Gasteiger partial charge in [-0.3, -0.25) is 9.11 Å². The van der Waals surface area contributed by atoms with E-state index in [1.807, 2.05) is 0 Å². The van der Waals surface area contributed by atoms with Crippen LogP contribution in [0.2, 0.25) is 0 Å². The zero-order valence-corrected chi connectivity index (χ0v) is 9.21. The van der Waals surface area contributed by atoms with Crippen molar-refractivity contribution in [2.45, 2.75) is 6.42 Å². The van der Waals surface area contributed by atoms with E-state index in [-0.39, 0.29) is 11.4 Å². The molecule has 88 valence electrons. The molecule has 1 aromatic heterocycles. The standard InChI is InChI=1S/C7H12BN3O4S/c12-8(13)6-4-9-7(10-5-6)11-2-1-3-16(11,14)15/h4-5,12-15H,1-3H2. The normalized spacial score (nSPS) is 20.9. The monoisotopic (exact) mass is 245 g/mol. The molecule has 1 aliphatic heterocycles. The maximum atomic E-state index is 9.67. The zero-order valence-electron chi connectivity index (χ0n) is 8.39. The first kappa shape index (κ1) is 11.6. The second kappa shape index (κ2) is 4.19. The predicted molar refractivity (Wildman–Crippen MR) is 61.5 cm³/mol. The third kappa shape index (κ3) is 2.13. The first-order valence-electron chi connectivity index (χ1n) is 4.72. The summed E-state index contributed by atoms with van der Waals surface area (Å²) in [5.41, 5.74) is 0.166. The van der Waals surface area contributed by atoms with Gasteiger partial charge in [0.05, 0.1) is 5.75 Å². The molecule has 2 rings (SSSR count).